The summed E-state index contributed by atoms with van der Waals surface area (Å²) in [5.74, 6) is 1.91. The molecule has 146 valence electrons. The van der Waals surface area contributed by atoms with E-state index in [-0.39, 0.29) is 18.6 Å². The summed E-state index contributed by atoms with van der Waals surface area (Å²) in [5.41, 5.74) is 2.34. The lowest BCUT2D eigenvalue weighted by Crippen LogP contribution is -2.42. The molecule has 27 heavy (non-hydrogen) atoms. The van der Waals surface area contributed by atoms with Crippen LogP contribution in [0.1, 0.15) is 54.5 Å². The number of aromatic nitrogens is 3. The van der Waals surface area contributed by atoms with Gasteiger partial charge in [-0.15, -0.1) is 10.2 Å². The molecular formula is C20H29N5O2. The minimum absolute atomic E-state index is 0.00573. The number of aryl methyl sites for hydroxylation is 1. The third kappa shape index (κ3) is 4.73. The topological polar surface area (TPSA) is 83.3 Å². The highest BCUT2D eigenvalue weighted by molar-refractivity contribution is 5.78. The van der Waals surface area contributed by atoms with Gasteiger partial charge in [0.15, 0.2) is 5.82 Å². The van der Waals surface area contributed by atoms with Gasteiger partial charge in [0.2, 0.25) is 5.91 Å². The van der Waals surface area contributed by atoms with E-state index in [1.54, 1.807) is 0 Å². The van der Waals surface area contributed by atoms with Crippen molar-refractivity contribution in [2.24, 2.45) is 7.05 Å². The van der Waals surface area contributed by atoms with Gasteiger partial charge >= 0.3 is 0 Å². The van der Waals surface area contributed by atoms with Crippen molar-refractivity contribution < 1.29 is 9.90 Å². The van der Waals surface area contributed by atoms with Gasteiger partial charge in [-0.3, -0.25) is 9.69 Å². The van der Waals surface area contributed by atoms with Gasteiger partial charge in [-0.25, -0.2) is 0 Å². The van der Waals surface area contributed by atoms with E-state index < -0.39 is 0 Å². The van der Waals surface area contributed by atoms with Crippen LogP contribution >= 0.6 is 0 Å². The maximum absolute atomic E-state index is 12.4. The van der Waals surface area contributed by atoms with E-state index in [0.29, 0.717) is 18.3 Å². The quantitative estimate of drug-likeness (QED) is 0.807. The highest BCUT2D eigenvalue weighted by atomic mass is 16.3. The zero-order chi connectivity index (χ0) is 19.4. The van der Waals surface area contributed by atoms with Gasteiger partial charge in [-0.2, -0.15) is 0 Å². The Bertz CT molecular complexity index is 763. The molecule has 2 N–H and O–H groups in total. The summed E-state index contributed by atoms with van der Waals surface area (Å²) in [5, 5.41) is 20.6. The van der Waals surface area contributed by atoms with Crippen LogP contribution in [0.3, 0.4) is 0 Å². The van der Waals surface area contributed by atoms with Crippen molar-refractivity contribution in [3.05, 3.63) is 47.0 Å². The van der Waals surface area contributed by atoms with Crippen LogP contribution in [0.5, 0.6) is 0 Å². The van der Waals surface area contributed by atoms with Crippen molar-refractivity contribution in [2.45, 2.75) is 45.3 Å². The summed E-state index contributed by atoms with van der Waals surface area (Å²) in [6.07, 6.45) is 1.89. The number of hydrogen-bond donors (Lipinski definition) is 2. The fourth-order valence-corrected chi connectivity index (χ4v) is 3.65. The number of carbonyl (C=O) groups excluding carboxylic acids is 1. The average molecular weight is 371 g/mol. The predicted molar refractivity (Wildman–Crippen MR) is 103 cm³/mol. The van der Waals surface area contributed by atoms with Crippen LogP contribution in [-0.4, -0.2) is 50.3 Å². The molecule has 0 spiro atoms. The number of rotatable bonds is 6. The molecule has 7 nitrogen and oxygen atoms in total. The summed E-state index contributed by atoms with van der Waals surface area (Å²) in [6, 6.07) is 8.27. The molecule has 0 radical (unpaired) electrons. The maximum atomic E-state index is 12.4. The number of piperidine rings is 1. The summed E-state index contributed by atoms with van der Waals surface area (Å²) >= 11 is 0. The number of likely N-dealkylation sites (tertiary alicyclic amines) is 1. The van der Waals surface area contributed by atoms with E-state index in [4.69, 9.17) is 0 Å². The summed E-state index contributed by atoms with van der Waals surface area (Å²) in [4.78, 5) is 14.6. The second-order valence-electron chi connectivity index (χ2n) is 7.44. The maximum Gasteiger partial charge on any atom is 0.234 e. The van der Waals surface area contributed by atoms with Gasteiger partial charge in [0.25, 0.3) is 0 Å². The predicted octanol–water partition coefficient (Wildman–Crippen LogP) is 1.67. The Morgan fingerprint density at radius 3 is 2.52 bits per heavy atom. The molecule has 1 aliphatic rings. The van der Waals surface area contributed by atoms with E-state index >= 15 is 0 Å². The van der Waals surface area contributed by atoms with Crippen LogP contribution in [0, 0.1) is 6.92 Å². The zero-order valence-corrected chi connectivity index (χ0v) is 16.4. The molecule has 0 unspecified atom stereocenters. The molecule has 1 saturated heterocycles. The lowest BCUT2D eigenvalue weighted by molar-refractivity contribution is -0.123. The largest absolute Gasteiger partial charge is 0.388 e. The number of aliphatic hydroxyl groups excluding tert-OH is 1. The van der Waals surface area contributed by atoms with Crippen molar-refractivity contribution >= 4 is 5.91 Å². The van der Waals surface area contributed by atoms with Gasteiger partial charge < -0.3 is 15.0 Å². The fraction of sp³-hybridized carbons (Fsp3) is 0.550. The van der Waals surface area contributed by atoms with Crippen molar-refractivity contribution in [2.75, 3.05) is 19.6 Å². The molecule has 0 bridgehead atoms. The lowest BCUT2D eigenvalue weighted by Gasteiger charge is -2.31. The van der Waals surface area contributed by atoms with E-state index in [9.17, 15) is 9.90 Å². The van der Waals surface area contributed by atoms with E-state index in [1.165, 1.54) is 5.56 Å². The molecule has 2 heterocycles. The van der Waals surface area contributed by atoms with E-state index in [1.807, 2.05) is 18.5 Å². The van der Waals surface area contributed by atoms with Crippen LogP contribution in [0.25, 0.3) is 0 Å². The summed E-state index contributed by atoms with van der Waals surface area (Å²) in [7, 11) is 1.90. The minimum atomic E-state index is -0.0956. The lowest BCUT2D eigenvalue weighted by atomic mass is 9.96. The van der Waals surface area contributed by atoms with Crippen LogP contribution in [0.4, 0.5) is 0 Å². The number of nitrogens with one attached hydrogen (secondary N) is 1. The monoisotopic (exact) mass is 371 g/mol. The zero-order valence-electron chi connectivity index (χ0n) is 16.4. The molecular weight excluding hydrogens is 342 g/mol. The third-order valence-electron chi connectivity index (χ3n) is 5.41. The Balaban J connectivity index is 1.47. The fourth-order valence-electron chi connectivity index (χ4n) is 3.65. The molecule has 1 atom stereocenters. The van der Waals surface area contributed by atoms with Gasteiger partial charge in [0.05, 0.1) is 12.6 Å². The molecule has 0 aliphatic carbocycles. The normalized spacial score (nSPS) is 17.0. The number of aliphatic hydroxyl groups is 1. The van der Waals surface area contributed by atoms with Crippen LogP contribution < -0.4 is 5.32 Å². The Morgan fingerprint density at radius 1 is 1.26 bits per heavy atom. The smallest absolute Gasteiger partial charge is 0.234 e. The van der Waals surface area contributed by atoms with Crippen molar-refractivity contribution in [3.63, 3.8) is 0 Å². The summed E-state index contributed by atoms with van der Waals surface area (Å²) in [6.45, 7) is 6.12. The van der Waals surface area contributed by atoms with Crippen molar-refractivity contribution in [3.8, 4) is 0 Å². The molecule has 1 fully saturated rings. The van der Waals surface area contributed by atoms with E-state index in [2.05, 4.69) is 51.6 Å². The van der Waals surface area contributed by atoms with Crippen LogP contribution in [-0.2, 0) is 18.4 Å². The minimum Gasteiger partial charge on any atom is -0.388 e. The number of amides is 1. The second kappa shape index (κ2) is 8.63. The first-order chi connectivity index (χ1) is 13.0. The average Bonchev–Trinajstić information content (AvgIpc) is 3.03. The number of carbonyl (C=O) groups is 1. The second-order valence-corrected chi connectivity index (χ2v) is 7.44. The van der Waals surface area contributed by atoms with Gasteiger partial charge in [0.1, 0.15) is 12.4 Å². The van der Waals surface area contributed by atoms with Gasteiger partial charge in [0, 0.05) is 13.0 Å². The molecule has 0 saturated carbocycles. The van der Waals surface area contributed by atoms with Crippen molar-refractivity contribution in [1.29, 1.82) is 0 Å². The van der Waals surface area contributed by atoms with Gasteiger partial charge in [-0.1, -0.05) is 29.8 Å². The first-order valence-corrected chi connectivity index (χ1v) is 9.55. The van der Waals surface area contributed by atoms with Gasteiger partial charge in [-0.05, 0) is 45.3 Å². The standard InChI is InChI=1S/C20H29N5O2/c1-14-4-6-16(7-5-14)15(2)21-19(27)12-25-10-8-17(9-11-25)20-23-22-18(13-26)24(20)3/h4-7,15,17,26H,8-13H2,1-3H3,(H,21,27)/t15-/m0/s1. The number of benzene rings is 1. The Kier molecular flexibility index (Phi) is 6.23. The first kappa shape index (κ1) is 19.5. The van der Waals surface area contributed by atoms with Crippen molar-refractivity contribution in [1.82, 2.24) is 25.0 Å². The molecule has 1 amide bonds. The van der Waals surface area contributed by atoms with E-state index in [0.717, 1.165) is 37.3 Å². The SMILES string of the molecule is Cc1ccc([C@H](C)NC(=O)CN2CCC(c3nnc(CO)n3C)CC2)cc1. The molecule has 3 rings (SSSR count). The summed E-state index contributed by atoms with van der Waals surface area (Å²) < 4.78 is 1.89. The Morgan fingerprint density at radius 2 is 1.93 bits per heavy atom. The molecule has 1 aromatic carbocycles. The highest BCUT2D eigenvalue weighted by Gasteiger charge is 2.26. The Labute approximate surface area is 160 Å². The highest BCUT2D eigenvalue weighted by Crippen LogP contribution is 2.26. The first-order valence-electron chi connectivity index (χ1n) is 9.55. The molecule has 1 aromatic heterocycles. The molecule has 7 heteroatoms. The number of nitrogens with zero attached hydrogens (tertiary/aromatic N) is 4. The molecule has 1 aliphatic heterocycles. The van der Waals surface area contributed by atoms with Crippen LogP contribution in [0.2, 0.25) is 0 Å². The molecule has 2 aromatic rings. The Hall–Kier alpha value is -2.25. The van der Waals surface area contributed by atoms with Crippen LogP contribution in [0.15, 0.2) is 24.3 Å². The third-order valence-corrected chi connectivity index (χ3v) is 5.41. The number of hydrogen-bond acceptors (Lipinski definition) is 5.